The number of anilines is 2. The quantitative estimate of drug-likeness (QED) is 0.783. The normalized spacial score (nSPS) is 10.6. The first-order valence-electron chi connectivity index (χ1n) is 6.22. The molecule has 1 N–H and O–H groups in total. The molecule has 0 aliphatic heterocycles. The summed E-state index contributed by atoms with van der Waals surface area (Å²) >= 11 is 0. The highest BCUT2D eigenvalue weighted by Gasteiger charge is 2.07. The highest BCUT2D eigenvalue weighted by Crippen LogP contribution is 2.14. The van der Waals surface area contributed by atoms with Gasteiger partial charge in [0.1, 0.15) is 11.6 Å². The van der Waals surface area contributed by atoms with Gasteiger partial charge in [-0.15, -0.1) is 0 Å². The van der Waals surface area contributed by atoms with E-state index in [0.29, 0.717) is 0 Å². The van der Waals surface area contributed by atoms with Crippen LogP contribution in [0.3, 0.4) is 0 Å². The first-order chi connectivity index (χ1) is 8.17. The molecule has 0 aromatic carbocycles. The van der Waals surface area contributed by atoms with E-state index in [-0.39, 0.29) is 0 Å². The molecule has 0 aliphatic rings. The third-order valence-electron chi connectivity index (χ3n) is 2.63. The standard InChI is InChI=1S/C13H24N4/c1-5-9-17(11-10-16(3)4)13-8-6-7-12(14-2)15-13/h6-8H,5,9-11H2,1-4H3,(H,14,15). The van der Waals surface area contributed by atoms with Crippen molar-refractivity contribution in [2.45, 2.75) is 13.3 Å². The molecule has 0 radical (unpaired) electrons. The lowest BCUT2D eigenvalue weighted by Crippen LogP contribution is -2.32. The predicted octanol–water partition coefficient (Wildman–Crippen LogP) is 1.90. The van der Waals surface area contributed by atoms with Crippen LogP contribution in [0.1, 0.15) is 13.3 Å². The van der Waals surface area contributed by atoms with Crippen molar-refractivity contribution >= 4 is 11.6 Å². The summed E-state index contributed by atoms with van der Waals surface area (Å²) in [5.74, 6) is 1.98. The van der Waals surface area contributed by atoms with E-state index in [2.05, 4.69) is 47.2 Å². The van der Waals surface area contributed by atoms with Crippen molar-refractivity contribution in [1.29, 1.82) is 0 Å². The second-order valence-corrected chi connectivity index (χ2v) is 4.42. The van der Waals surface area contributed by atoms with Crippen LogP contribution < -0.4 is 10.2 Å². The molecule has 0 fully saturated rings. The van der Waals surface area contributed by atoms with Crippen molar-refractivity contribution in [3.63, 3.8) is 0 Å². The summed E-state index contributed by atoms with van der Waals surface area (Å²) in [5.41, 5.74) is 0. The Labute approximate surface area is 105 Å². The Morgan fingerprint density at radius 3 is 2.53 bits per heavy atom. The number of hydrogen-bond acceptors (Lipinski definition) is 4. The van der Waals surface area contributed by atoms with Gasteiger partial charge in [-0.25, -0.2) is 4.98 Å². The summed E-state index contributed by atoms with van der Waals surface area (Å²) in [7, 11) is 6.10. The monoisotopic (exact) mass is 236 g/mol. The largest absolute Gasteiger partial charge is 0.373 e. The van der Waals surface area contributed by atoms with Crippen LogP contribution in [0.4, 0.5) is 11.6 Å². The number of nitrogens with one attached hydrogen (secondary N) is 1. The number of likely N-dealkylation sites (N-methyl/N-ethyl adjacent to an activating group) is 1. The van der Waals surface area contributed by atoms with E-state index in [9.17, 15) is 0 Å². The lowest BCUT2D eigenvalue weighted by Gasteiger charge is -2.25. The molecular weight excluding hydrogens is 212 g/mol. The molecule has 0 atom stereocenters. The minimum Gasteiger partial charge on any atom is -0.373 e. The van der Waals surface area contributed by atoms with Gasteiger partial charge in [-0.3, -0.25) is 0 Å². The van der Waals surface area contributed by atoms with Crippen LogP contribution in [-0.2, 0) is 0 Å². The Bertz CT molecular complexity index is 325. The van der Waals surface area contributed by atoms with Gasteiger partial charge in [0.2, 0.25) is 0 Å². The van der Waals surface area contributed by atoms with Crippen LogP contribution in [0.15, 0.2) is 18.2 Å². The molecule has 1 rings (SSSR count). The number of hydrogen-bond donors (Lipinski definition) is 1. The molecule has 0 aliphatic carbocycles. The maximum atomic E-state index is 4.58. The molecule has 0 unspecified atom stereocenters. The van der Waals surface area contributed by atoms with Gasteiger partial charge in [0, 0.05) is 26.7 Å². The topological polar surface area (TPSA) is 31.4 Å². The smallest absolute Gasteiger partial charge is 0.130 e. The van der Waals surface area contributed by atoms with E-state index in [1.807, 2.05) is 19.2 Å². The van der Waals surface area contributed by atoms with Crippen molar-refractivity contribution in [3.8, 4) is 0 Å². The van der Waals surface area contributed by atoms with Crippen LogP contribution in [0.2, 0.25) is 0 Å². The Hall–Kier alpha value is -1.29. The Kier molecular flexibility index (Phi) is 5.77. The van der Waals surface area contributed by atoms with E-state index in [4.69, 9.17) is 0 Å². The number of pyridine rings is 1. The predicted molar refractivity (Wildman–Crippen MR) is 74.8 cm³/mol. The average molecular weight is 236 g/mol. The molecule has 4 heteroatoms. The van der Waals surface area contributed by atoms with Crippen molar-refractivity contribution in [1.82, 2.24) is 9.88 Å². The van der Waals surface area contributed by atoms with E-state index in [1.54, 1.807) is 0 Å². The van der Waals surface area contributed by atoms with E-state index in [1.165, 1.54) is 0 Å². The number of nitrogens with zero attached hydrogens (tertiary/aromatic N) is 3. The van der Waals surface area contributed by atoms with Crippen LogP contribution in [-0.4, -0.2) is 50.7 Å². The third-order valence-corrected chi connectivity index (χ3v) is 2.63. The van der Waals surface area contributed by atoms with Gasteiger partial charge in [-0.2, -0.15) is 0 Å². The lowest BCUT2D eigenvalue weighted by molar-refractivity contribution is 0.412. The number of rotatable bonds is 7. The summed E-state index contributed by atoms with van der Waals surface area (Å²) < 4.78 is 0. The van der Waals surface area contributed by atoms with Gasteiger partial charge in [-0.1, -0.05) is 13.0 Å². The molecule has 0 bridgehead atoms. The van der Waals surface area contributed by atoms with E-state index >= 15 is 0 Å². The fourth-order valence-corrected chi connectivity index (χ4v) is 1.67. The van der Waals surface area contributed by atoms with Crippen molar-refractivity contribution in [3.05, 3.63) is 18.2 Å². The molecule has 1 heterocycles. The highest BCUT2D eigenvalue weighted by atomic mass is 15.2. The molecule has 0 amide bonds. The Balaban J connectivity index is 2.73. The van der Waals surface area contributed by atoms with Crippen LogP contribution in [0, 0.1) is 0 Å². The van der Waals surface area contributed by atoms with Gasteiger partial charge in [0.05, 0.1) is 0 Å². The molecule has 0 saturated carbocycles. The average Bonchev–Trinajstić information content (AvgIpc) is 2.34. The van der Waals surface area contributed by atoms with Gasteiger partial charge in [0.15, 0.2) is 0 Å². The summed E-state index contributed by atoms with van der Waals surface area (Å²) in [6, 6.07) is 6.11. The minimum atomic E-state index is 0.924. The first kappa shape index (κ1) is 13.8. The fraction of sp³-hybridized carbons (Fsp3) is 0.615. The third kappa shape index (κ3) is 4.61. The van der Waals surface area contributed by atoms with Gasteiger partial charge >= 0.3 is 0 Å². The zero-order valence-corrected chi connectivity index (χ0v) is 11.4. The molecule has 96 valence electrons. The molecule has 4 nitrogen and oxygen atoms in total. The van der Waals surface area contributed by atoms with Crippen LogP contribution >= 0.6 is 0 Å². The Morgan fingerprint density at radius 1 is 1.18 bits per heavy atom. The SMILES string of the molecule is CCCN(CCN(C)C)c1cccc(NC)n1. The van der Waals surface area contributed by atoms with Gasteiger partial charge < -0.3 is 15.1 Å². The second-order valence-electron chi connectivity index (χ2n) is 4.42. The maximum Gasteiger partial charge on any atom is 0.130 e. The maximum absolute atomic E-state index is 4.58. The van der Waals surface area contributed by atoms with E-state index < -0.39 is 0 Å². The van der Waals surface area contributed by atoms with Crippen molar-refractivity contribution in [2.75, 3.05) is 51.0 Å². The molecule has 0 saturated heterocycles. The van der Waals surface area contributed by atoms with Gasteiger partial charge in [-0.05, 0) is 32.6 Å². The molecule has 1 aromatic heterocycles. The Morgan fingerprint density at radius 2 is 1.94 bits per heavy atom. The molecule has 17 heavy (non-hydrogen) atoms. The molecular formula is C13H24N4. The summed E-state index contributed by atoms with van der Waals surface area (Å²) in [6.45, 7) is 5.31. The molecule has 1 aromatic rings. The van der Waals surface area contributed by atoms with Crippen molar-refractivity contribution < 1.29 is 0 Å². The van der Waals surface area contributed by atoms with Crippen LogP contribution in [0.25, 0.3) is 0 Å². The van der Waals surface area contributed by atoms with E-state index in [0.717, 1.165) is 37.7 Å². The van der Waals surface area contributed by atoms with Crippen LogP contribution in [0.5, 0.6) is 0 Å². The zero-order valence-electron chi connectivity index (χ0n) is 11.4. The van der Waals surface area contributed by atoms with Crippen molar-refractivity contribution in [2.24, 2.45) is 0 Å². The number of aromatic nitrogens is 1. The first-order valence-corrected chi connectivity index (χ1v) is 6.22. The van der Waals surface area contributed by atoms with Gasteiger partial charge in [0.25, 0.3) is 0 Å². The highest BCUT2D eigenvalue weighted by molar-refractivity contribution is 5.46. The fourth-order valence-electron chi connectivity index (χ4n) is 1.67. The zero-order chi connectivity index (χ0) is 12.7. The minimum absolute atomic E-state index is 0.924. The summed E-state index contributed by atoms with van der Waals surface area (Å²) in [5, 5.41) is 3.08. The summed E-state index contributed by atoms with van der Waals surface area (Å²) in [6.07, 6.45) is 1.14. The second kappa shape index (κ2) is 7.12. The lowest BCUT2D eigenvalue weighted by atomic mass is 10.3. The summed E-state index contributed by atoms with van der Waals surface area (Å²) in [4.78, 5) is 9.12. The molecule has 0 spiro atoms.